The summed E-state index contributed by atoms with van der Waals surface area (Å²) in [5.74, 6) is 1.22. The third-order valence-corrected chi connectivity index (χ3v) is 2.88. The van der Waals surface area contributed by atoms with Crippen LogP contribution in [0.3, 0.4) is 0 Å². The lowest BCUT2D eigenvalue weighted by atomic mass is 10.2. The summed E-state index contributed by atoms with van der Waals surface area (Å²) in [5.41, 5.74) is 7.17. The normalized spacial score (nSPS) is 10.3. The monoisotopic (exact) mass is 274 g/mol. The van der Waals surface area contributed by atoms with E-state index in [0.717, 1.165) is 12.0 Å². The fourth-order valence-electron chi connectivity index (χ4n) is 1.83. The van der Waals surface area contributed by atoms with Crippen LogP contribution in [-0.2, 0) is 13.5 Å². The molecule has 20 heavy (non-hydrogen) atoms. The molecule has 1 aromatic carbocycles. The topological polar surface area (TPSA) is 86.2 Å². The Morgan fingerprint density at radius 3 is 2.80 bits per heavy atom. The van der Waals surface area contributed by atoms with Crippen molar-refractivity contribution >= 4 is 5.84 Å². The van der Waals surface area contributed by atoms with Gasteiger partial charge in [0.1, 0.15) is 5.84 Å². The van der Waals surface area contributed by atoms with Gasteiger partial charge in [-0.05, 0) is 23.8 Å². The zero-order chi connectivity index (χ0) is 14.5. The number of amidine groups is 1. The molecule has 0 aliphatic heterocycles. The average Bonchev–Trinajstić information content (AvgIpc) is 2.84. The van der Waals surface area contributed by atoms with Crippen LogP contribution >= 0.6 is 0 Å². The van der Waals surface area contributed by atoms with Gasteiger partial charge in [-0.3, -0.25) is 10.1 Å². The average molecular weight is 274 g/mol. The second-order valence-electron chi connectivity index (χ2n) is 4.40. The van der Waals surface area contributed by atoms with Crippen molar-refractivity contribution in [3.05, 3.63) is 41.7 Å². The van der Waals surface area contributed by atoms with Crippen LogP contribution in [0.4, 0.5) is 0 Å². The van der Waals surface area contributed by atoms with E-state index in [-0.39, 0.29) is 5.84 Å². The van der Waals surface area contributed by atoms with Crippen molar-refractivity contribution in [2.24, 2.45) is 12.8 Å². The van der Waals surface area contributed by atoms with Crippen molar-refractivity contribution in [1.82, 2.24) is 9.78 Å². The minimum absolute atomic E-state index is 0.00482. The molecule has 0 atom stereocenters. The quantitative estimate of drug-likeness (QED) is 0.614. The number of nitrogens with two attached hydrogens (primary N) is 1. The van der Waals surface area contributed by atoms with Gasteiger partial charge in [0, 0.05) is 25.2 Å². The molecule has 0 fully saturated rings. The van der Waals surface area contributed by atoms with E-state index in [0.29, 0.717) is 23.7 Å². The molecule has 0 aliphatic rings. The summed E-state index contributed by atoms with van der Waals surface area (Å²) in [6.07, 6.45) is 4.55. The highest BCUT2D eigenvalue weighted by Gasteiger charge is 2.07. The highest BCUT2D eigenvalue weighted by molar-refractivity contribution is 5.95. The lowest BCUT2D eigenvalue weighted by Crippen LogP contribution is -2.11. The Morgan fingerprint density at radius 1 is 1.40 bits per heavy atom. The van der Waals surface area contributed by atoms with Gasteiger partial charge in [-0.1, -0.05) is 0 Å². The molecule has 0 unspecified atom stereocenters. The van der Waals surface area contributed by atoms with Crippen LogP contribution in [0, 0.1) is 5.41 Å². The van der Waals surface area contributed by atoms with Crippen molar-refractivity contribution < 1.29 is 9.47 Å². The summed E-state index contributed by atoms with van der Waals surface area (Å²) in [7, 11) is 3.45. The summed E-state index contributed by atoms with van der Waals surface area (Å²) < 4.78 is 12.7. The third kappa shape index (κ3) is 3.28. The number of aromatic nitrogens is 2. The molecule has 6 heteroatoms. The molecule has 0 saturated carbocycles. The summed E-state index contributed by atoms with van der Waals surface area (Å²) in [5, 5.41) is 11.5. The molecule has 0 aliphatic carbocycles. The van der Waals surface area contributed by atoms with Crippen molar-refractivity contribution in [2.75, 3.05) is 13.7 Å². The first kappa shape index (κ1) is 13.9. The summed E-state index contributed by atoms with van der Waals surface area (Å²) in [6, 6.07) is 5.20. The Bertz CT molecular complexity index is 607. The molecule has 0 radical (unpaired) electrons. The molecule has 1 heterocycles. The summed E-state index contributed by atoms with van der Waals surface area (Å²) >= 11 is 0. The van der Waals surface area contributed by atoms with E-state index in [1.165, 1.54) is 0 Å². The van der Waals surface area contributed by atoms with E-state index in [1.54, 1.807) is 30.0 Å². The van der Waals surface area contributed by atoms with Gasteiger partial charge in [0.15, 0.2) is 11.5 Å². The van der Waals surface area contributed by atoms with Gasteiger partial charge < -0.3 is 15.2 Å². The van der Waals surface area contributed by atoms with Gasteiger partial charge in [0.05, 0.1) is 19.9 Å². The first-order valence-corrected chi connectivity index (χ1v) is 6.23. The minimum Gasteiger partial charge on any atom is -0.493 e. The number of rotatable bonds is 6. The van der Waals surface area contributed by atoms with Crippen molar-refractivity contribution in [3.63, 3.8) is 0 Å². The molecule has 6 nitrogen and oxygen atoms in total. The van der Waals surface area contributed by atoms with Crippen LogP contribution in [0.5, 0.6) is 11.5 Å². The van der Waals surface area contributed by atoms with E-state index in [2.05, 4.69) is 5.10 Å². The molecule has 1 aromatic heterocycles. The fourth-order valence-corrected chi connectivity index (χ4v) is 1.83. The van der Waals surface area contributed by atoms with Crippen LogP contribution < -0.4 is 15.2 Å². The Hall–Kier alpha value is -2.50. The van der Waals surface area contributed by atoms with Gasteiger partial charge in [0.2, 0.25) is 0 Å². The Balaban J connectivity index is 2.00. The van der Waals surface area contributed by atoms with Crippen LogP contribution in [0.2, 0.25) is 0 Å². The number of ether oxygens (including phenoxy) is 2. The van der Waals surface area contributed by atoms with E-state index in [1.807, 2.05) is 19.4 Å². The zero-order valence-electron chi connectivity index (χ0n) is 11.6. The maximum atomic E-state index is 7.40. The highest BCUT2D eigenvalue weighted by Crippen LogP contribution is 2.28. The number of nitrogens with zero attached hydrogens (tertiary/aromatic N) is 2. The first-order valence-electron chi connectivity index (χ1n) is 6.23. The Morgan fingerprint density at radius 2 is 2.20 bits per heavy atom. The van der Waals surface area contributed by atoms with Gasteiger partial charge in [-0.25, -0.2) is 0 Å². The number of nitrogens with one attached hydrogen (secondary N) is 1. The standard InChI is InChI=1S/C14H18N4O2/c1-18-9-10(8-17-18)5-6-20-12-4-3-11(14(15)16)7-13(12)19-2/h3-4,7-9H,5-6H2,1-2H3,(H3,15,16). The van der Waals surface area contributed by atoms with Crippen LogP contribution in [-0.4, -0.2) is 29.3 Å². The summed E-state index contributed by atoms with van der Waals surface area (Å²) in [6.45, 7) is 0.529. The van der Waals surface area contributed by atoms with Crippen molar-refractivity contribution in [3.8, 4) is 11.5 Å². The Labute approximate surface area is 117 Å². The molecular weight excluding hydrogens is 256 g/mol. The number of methoxy groups -OCH3 is 1. The van der Waals surface area contributed by atoms with Crippen molar-refractivity contribution in [2.45, 2.75) is 6.42 Å². The highest BCUT2D eigenvalue weighted by atomic mass is 16.5. The second kappa shape index (κ2) is 6.10. The molecule has 2 aromatic rings. The first-order chi connectivity index (χ1) is 9.60. The Kier molecular flexibility index (Phi) is 4.24. The predicted octanol–water partition coefficient (Wildman–Crippen LogP) is 1.33. The molecule has 0 bridgehead atoms. The van der Waals surface area contributed by atoms with E-state index in [9.17, 15) is 0 Å². The molecule has 0 amide bonds. The number of aryl methyl sites for hydroxylation is 1. The predicted molar refractivity (Wildman–Crippen MR) is 76.4 cm³/mol. The molecule has 0 spiro atoms. The van der Waals surface area contributed by atoms with Gasteiger partial charge in [-0.2, -0.15) is 5.10 Å². The van der Waals surface area contributed by atoms with E-state index >= 15 is 0 Å². The van der Waals surface area contributed by atoms with Gasteiger partial charge in [-0.15, -0.1) is 0 Å². The maximum absolute atomic E-state index is 7.40. The van der Waals surface area contributed by atoms with Crippen LogP contribution in [0.1, 0.15) is 11.1 Å². The lowest BCUT2D eigenvalue weighted by molar-refractivity contribution is 0.297. The minimum atomic E-state index is 0.00482. The lowest BCUT2D eigenvalue weighted by Gasteiger charge is -2.11. The molecule has 3 N–H and O–H groups in total. The molecule has 2 rings (SSSR count). The maximum Gasteiger partial charge on any atom is 0.161 e. The SMILES string of the molecule is COc1cc(C(=N)N)ccc1OCCc1cnn(C)c1. The zero-order valence-corrected chi connectivity index (χ0v) is 11.6. The third-order valence-electron chi connectivity index (χ3n) is 2.88. The number of hydrogen-bond acceptors (Lipinski definition) is 4. The molecular formula is C14H18N4O2. The molecule has 106 valence electrons. The number of nitrogen functional groups attached to an aromatic ring is 1. The van der Waals surface area contributed by atoms with Gasteiger partial charge in [0.25, 0.3) is 0 Å². The van der Waals surface area contributed by atoms with Crippen molar-refractivity contribution in [1.29, 1.82) is 5.41 Å². The molecule has 0 saturated heterocycles. The van der Waals surface area contributed by atoms with E-state index in [4.69, 9.17) is 20.6 Å². The summed E-state index contributed by atoms with van der Waals surface area (Å²) in [4.78, 5) is 0. The second-order valence-corrected chi connectivity index (χ2v) is 4.40. The van der Waals surface area contributed by atoms with Crippen LogP contribution in [0.15, 0.2) is 30.6 Å². The van der Waals surface area contributed by atoms with Crippen LogP contribution in [0.25, 0.3) is 0 Å². The number of hydrogen-bond donors (Lipinski definition) is 2. The largest absolute Gasteiger partial charge is 0.493 e. The van der Waals surface area contributed by atoms with Gasteiger partial charge >= 0.3 is 0 Å². The fraction of sp³-hybridized carbons (Fsp3) is 0.286. The number of benzene rings is 1. The smallest absolute Gasteiger partial charge is 0.161 e. The van der Waals surface area contributed by atoms with E-state index < -0.39 is 0 Å².